The molecule has 1 heterocycles. The van der Waals surface area contributed by atoms with Gasteiger partial charge in [-0.25, -0.2) is 8.42 Å². The molecule has 0 atom stereocenters. The monoisotopic (exact) mass is 306 g/mol. The Morgan fingerprint density at radius 1 is 1.35 bits per heavy atom. The van der Waals surface area contributed by atoms with Crippen LogP contribution in [0, 0.1) is 18.8 Å². The van der Waals surface area contributed by atoms with Gasteiger partial charge < -0.3 is 5.73 Å². The minimum absolute atomic E-state index is 0.227. The van der Waals surface area contributed by atoms with E-state index >= 15 is 0 Å². The van der Waals surface area contributed by atoms with Gasteiger partial charge in [-0.05, 0) is 36.1 Å². The van der Waals surface area contributed by atoms with Gasteiger partial charge in [0.1, 0.15) is 4.21 Å². The number of hydrogen-bond donors (Lipinski definition) is 2. The van der Waals surface area contributed by atoms with Gasteiger partial charge in [0, 0.05) is 5.56 Å². The summed E-state index contributed by atoms with van der Waals surface area (Å²) in [6.07, 6.45) is 0. The lowest BCUT2D eigenvalue weighted by Crippen LogP contribution is -2.12. The van der Waals surface area contributed by atoms with Gasteiger partial charge in [-0.2, -0.15) is 0 Å². The molecule has 20 heavy (non-hydrogen) atoms. The topological polar surface area (TPSA) is 72.2 Å². The Kier molecular flexibility index (Phi) is 4.45. The summed E-state index contributed by atoms with van der Waals surface area (Å²) in [5.74, 6) is 5.62. The number of anilines is 1. The highest BCUT2D eigenvalue weighted by Crippen LogP contribution is 2.23. The largest absolute Gasteiger partial charge is 0.320 e. The third kappa shape index (κ3) is 3.39. The highest BCUT2D eigenvalue weighted by atomic mass is 32.2. The van der Waals surface area contributed by atoms with Gasteiger partial charge in [0.25, 0.3) is 10.0 Å². The van der Waals surface area contributed by atoms with Crippen molar-refractivity contribution in [2.75, 3.05) is 11.3 Å². The molecule has 0 unspecified atom stereocenters. The van der Waals surface area contributed by atoms with Crippen LogP contribution in [-0.2, 0) is 10.0 Å². The van der Waals surface area contributed by atoms with Crippen molar-refractivity contribution >= 4 is 27.0 Å². The van der Waals surface area contributed by atoms with Crippen molar-refractivity contribution < 1.29 is 8.42 Å². The van der Waals surface area contributed by atoms with E-state index in [1.54, 1.807) is 23.6 Å². The average Bonchev–Trinajstić information content (AvgIpc) is 2.93. The van der Waals surface area contributed by atoms with Crippen LogP contribution in [0.4, 0.5) is 5.69 Å². The van der Waals surface area contributed by atoms with E-state index in [1.807, 2.05) is 19.1 Å². The zero-order valence-corrected chi connectivity index (χ0v) is 12.5. The summed E-state index contributed by atoms with van der Waals surface area (Å²) in [6, 6.07) is 8.63. The Labute approximate surface area is 122 Å². The Morgan fingerprint density at radius 2 is 2.15 bits per heavy atom. The average molecular weight is 306 g/mol. The number of nitrogens with two attached hydrogens (primary N) is 1. The highest BCUT2D eigenvalue weighted by Gasteiger charge is 2.16. The Balaban J connectivity index is 2.39. The quantitative estimate of drug-likeness (QED) is 0.854. The van der Waals surface area contributed by atoms with E-state index in [9.17, 15) is 8.42 Å². The van der Waals surface area contributed by atoms with Crippen LogP contribution in [0.25, 0.3) is 0 Å². The van der Waals surface area contributed by atoms with Crippen molar-refractivity contribution in [1.82, 2.24) is 0 Å². The lowest BCUT2D eigenvalue weighted by Gasteiger charge is -2.09. The molecular weight excluding hydrogens is 292 g/mol. The van der Waals surface area contributed by atoms with Crippen molar-refractivity contribution in [3.8, 4) is 11.8 Å². The third-order valence-corrected chi connectivity index (χ3v) is 5.27. The molecule has 1 aromatic carbocycles. The number of benzene rings is 1. The maximum Gasteiger partial charge on any atom is 0.271 e. The van der Waals surface area contributed by atoms with Crippen molar-refractivity contribution in [2.24, 2.45) is 5.73 Å². The number of sulfonamides is 1. The van der Waals surface area contributed by atoms with Crippen molar-refractivity contribution in [1.29, 1.82) is 0 Å². The molecular formula is C14H14N2O2S2. The Morgan fingerprint density at radius 3 is 2.80 bits per heavy atom. The fourth-order valence-electron chi connectivity index (χ4n) is 1.61. The lowest BCUT2D eigenvalue weighted by atomic mass is 10.1. The molecule has 0 aliphatic heterocycles. The van der Waals surface area contributed by atoms with Crippen LogP contribution in [0.5, 0.6) is 0 Å². The van der Waals surface area contributed by atoms with E-state index < -0.39 is 10.0 Å². The fraction of sp³-hybridized carbons (Fsp3) is 0.143. The van der Waals surface area contributed by atoms with Crippen molar-refractivity contribution in [2.45, 2.75) is 11.1 Å². The van der Waals surface area contributed by atoms with Gasteiger partial charge in [-0.3, -0.25) is 4.72 Å². The molecule has 0 fully saturated rings. The van der Waals surface area contributed by atoms with E-state index in [0.29, 0.717) is 11.3 Å². The van der Waals surface area contributed by atoms with Crippen LogP contribution in [0.3, 0.4) is 0 Å². The molecule has 0 saturated heterocycles. The lowest BCUT2D eigenvalue weighted by molar-refractivity contribution is 0.603. The zero-order chi connectivity index (χ0) is 14.6. The van der Waals surface area contributed by atoms with Crippen LogP contribution >= 0.6 is 11.3 Å². The SMILES string of the molecule is Cc1ccc(NS(=O)(=O)c2cccs2)c(C#CCN)c1. The summed E-state index contributed by atoms with van der Waals surface area (Å²) in [7, 11) is -3.56. The van der Waals surface area contributed by atoms with Crippen molar-refractivity contribution in [3.63, 3.8) is 0 Å². The zero-order valence-electron chi connectivity index (χ0n) is 10.9. The summed E-state index contributed by atoms with van der Waals surface area (Å²) >= 11 is 1.17. The summed E-state index contributed by atoms with van der Waals surface area (Å²) in [5.41, 5.74) is 7.45. The summed E-state index contributed by atoms with van der Waals surface area (Å²) in [5, 5.41) is 1.72. The van der Waals surface area contributed by atoms with Crippen LogP contribution in [-0.4, -0.2) is 15.0 Å². The molecule has 104 valence electrons. The van der Waals surface area contributed by atoms with Crippen molar-refractivity contribution in [3.05, 3.63) is 46.8 Å². The molecule has 2 rings (SSSR count). The molecule has 0 saturated carbocycles. The minimum Gasteiger partial charge on any atom is -0.320 e. The second kappa shape index (κ2) is 6.09. The first-order valence-electron chi connectivity index (χ1n) is 5.89. The maximum absolute atomic E-state index is 12.2. The van der Waals surface area contributed by atoms with Gasteiger partial charge in [0.2, 0.25) is 0 Å². The number of nitrogens with one attached hydrogen (secondary N) is 1. The predicted molar refractivity (Wildman–Crippen MR) is 82.2 cm³/mol. The van der Waals surface area contributed by atoms with E-state index in [1.165, 1.54) is 11.3 Å². The first-order chi connectivity index (χ1) is 9.53. The van der Waals surface area contributed by atoms with Gasteiger partial charge >= 0.3 is 0 Å². The maximum atomic E-state index is 12.2. The number of hydrogen-bond acceptors (Lipinski definition) is 4. The summed E-state index contributed by atoms with van der Waals surface area (Å²) in [6.45, 7) is 2.15. The molecule has 0 bridgehead atoms. The van der Waals surface area contributed by atoms with Crippen LogP contribution in [0.1, 0.15) is 11.1 Å². The van der Waals surface area contributed by atoms with Crippen LogP contribution in [0.2, 0.25) is 0 Å². The second-order valence-electron chi connectivity index (χ2n) is 4.09. The summed E-state index contributed by atoms with van der Waals surface area (Å²) in [4.78, 5) is 0. The molecule has 6 heteroatoms. The third-order valence-electron chi connectivity index (χ3n) is 2.50. The Bertz CT molecular complexity index is 754. The first kappa shape index (κ1) is 14.6. The van der Waals surface area contributed by atoms with E-state index in [-0.39, 0.29) is 10.8 Å². The molecule has 0 spiro atoms. The second-order valence-corrected chi connectivity index (χ2v) is 6.95. The van der Waals surface area contributed by atoms with E-state index in [2.05, 4.69) is 16.6 Å². The van der Waals surface area contributed by atoms with E-state index in [4.69, 9.17) is 5.73 Å². The van der Waals surface area contributed by atoms with Gasteiger partial charge in [-0.1, -0.05) is 24.0 Å². The molecule has 0 aliphatic carbocycles. The number of aryl methyl sites for hydroxylation is 1. The fourth-order valence-corrected chi connectivity index (χ4v) is 3.68. The van der Waals surface area contributed by atoms with Gasteiger partial charge in [-0.15, -0.1) is 11.3 Å². The molecule has 0 aliphatic rings. The standard InChI is InChI=1S/C14H14N2O2S2/c1-11-6-7-13(12(10-11)4-2-8-15)16-20(17,18)14-5-3-9-19-14/h3,5-7,9-10,16H,8,15H2,1H3. The first-order valence-corrected chi connectivity index (χ1v) is 8.25. The molecule has 3 N–H and O–H groups in total. The normalized spacial score (nSPS) is 10.7. The van der Waals surface area contributed by atoms with Gasteiger partial charge in [0.05, 0.1) is 12.2 Å². The molecule has 0 radical (unpaired) electrons. The molecule has 4 nitrogen and oxygen atoms in total. The van der Waals surface area contributed by atoms with E-state index in [0.717, 1.165) is 5.56 Å². The number of rotatable bonds is 3. The molecule has 1 aromatic heterocycles. The van der Waals surface area contributed by atoms with Gasteiger partial charge in [0.15, 0.2) is 0 Å². The predicted octanol–water partition coefficient (Wildman–Crippen LogP) is 2.17. The smallest absolute Gasteiger partial charge is 0.271 e. The van der Waals surface area contributed by atoms with Crippen LogP contribution in [0.15, 0.2) is 39.9 Å². The van der Waals surface area contributed by atoms with Crippen LogP contribution < -0.4 is 10.5 Å². The highest BCUT2D eigenvalue weighted by molar-refractivity contribution is 7.94. The molecule has 0 amide bonds. The Hall–Kier alpha value is -1.81. The summed E-state index contributed by atoms with van der Waals surface area (Å²) < 4.78 is 27.2. The number of thiophene rings is 1. The minimum atomic E-state index is -3.56. The molecule has 2 aromatic rings.